The lowest BCUT2D eigenvalue weighted by Crippen LogP contribution is -2.19. The van der Waals surface area contributed by atoms with Crippen molar-refractivity contribution in [1.29, 1.82) is 0 Å². The van der Waals surface area contributed by atoms with E-state index in [-0.39, 0.29) is 18.3 Å². The Morgan fingerprint density at radius 2 is 2.06 bits per heavy atom. The van der Waals surface area contributed by atoms with Crippen molar-refractivity contribution in [3.05, 3.63) is 24.3 Å². The molecule has 0 saturated heterocycles. The van der Waals surface area contributed by atoms with E-state index in [0.29, 0.717) is 12.5 Å². The van der Waals surface area contributed by atoms with Crippen LogP contribution in [-0.2, 0) is 9.53 Å². The lowest BCUT2D eigenvalue weighted by molar-refractivity contribution is -0.142. The molecule has 2 N–H and O–H groups in total. The Morgan fingerprint density at radius 1 is 1.39 bits per heavy atom. The zero-order valence-corrected chi connectivity index (χ0v) is 11.0. The second-order valence-electron chi connectivity index (χ2n) is 4.48. The summed E-state index contributed by atoms with van der Waals surface area (Å²) in [6, 6.07) is 6.55. The van der Waals surface area contributed by atoms with Gasteiger partial charge in [0.15, 0.2) is 0 Å². The number of rotatable bonds is 7. The molecule has 0 heterocycles. The van der Waals surface area contributed by atoms with Crippen molar-refractivity contribution in [2.24, 2.45) is 5.92 Å². The molecule has 18 heavy (non-hydrogen) atoms. The number of phenolic OH excluding ortho intramolecular Hbond substituents is 1. The minimum Gasteiger partial charge on any atom is -0.508 e. The average Bonchev–Trinajstić information content (AvgIpc) is 2.36. The largest absolute Gasteiger partial charge is 0.508 e. The third kappa shape index (κ3) is 5.57. The fraction of sp³-hybridized carbons (Fsp3) is 0.500. The lowest BCUT2D eigenvalue weighted by atomic mass is 10.1. The molecule has 1 rings (SSSR count). The van der Waals surface area contributed by atoms with Crippen LogP contribution in [0, 0.1) is 5.92 Å². The Morgan fingerprint density at radius 3 is 2.67 bits per heavy atom. The molecule has 1 unspecified atom stereocenters. The quantitative estimate of drug-likeness (QED) is 0.578. The van der Waals surface area contributed by atoms with Crippen molar-refractivity contribution in [2.75, 3.05) is 18.5 Å². The number of hydrogen-bond acceptors (Lipinski definition) is 4. The maximum absolute atomic E-state index is 11.5. The first-order valence-corrected chi connectivity index (χ1v) is 6.30. The Labute approximate surface area is 108 Å². The number of phenols is 1. The molecule has 0 fully saturated rings. The van der Waals surface area contributed by atoms with Gasteiger partial charge in [-0.3, -0.25) is 4.79 Å². The van der Waals surface area contributed by atoms with Gasteiger partial charge in [0.1, 0.15) is 12.3 Å². The van der Waals surface area contributed by atoms with Crippen LogP contribution in [0.5, 0.6) is 5.75 Å². The minimum absolute atomic E-state index is 0.142. The zero-order valence-electron chi connectivity index (χ0n) is 11.0. The predicted molar refractivity (Wildman–Crippen MR) is 71.6 cm³/mol. The average molecular weight is 251 g/mol. The standard InChI is InChI=1S/C14H21NO3/c1-3-4-11(2)10-18-14(17)9-15-12-5-7-13(16)8-6-12/h5-8,11,15-16H,3-4,9-10H2,1-2H3. The monoisotopic (exact) mass is 251 g/mol. The van der Waals surface area contributed by atoms with Crippen molar-refractivity contribution in [2.45, 2.75) is 26.7 Å². The van der Waals surface area contributed by atoms with Gasteiger partial charge in [-0.15, -0.1) is 0 Å². The smallest absolute Gasteiger partial charge is 0.325 e. The highest BCUT2D eigenvalue weighted by Gasteiger charge is 2.06. The van der Waals surface area contributed by atoms with Gasteiger partial charge in [0.2, 0.25) is 0 Å². The molecule has 1 aromatic rings. The molecule has 0 radical (unpaired) electrons. The van der Waals surface area contributed by atoms with Crippen LogP contribution in [0.25, 0.3) is 0 Å². The van der Waals surface area contributed by atoms with Crippen molar-refractivity contribution in [3.8, 4) is 5.75 Å². The molecule has 0 amide bonds. The van der Waals surface area contributed by atoms with E-state index in [9.17, 15) is 4.79 Å². The van der Waals surface area contributed by atoms with Gasteiger partial charge in [-0.1, -0.05) is 20.3 Å². The molecule has 0 aliphatic rings. The molecular formula is C14H21NO3. The summed E-state index contributed by atoms with van der Waals surface area (Å²) in [4.78, 5) is 11.5. The second-order valence-corrected chi connectivity index (χ2v) is 4.48. The Kier molecular flexibility index (Phi) is 6.05. The van der Waals surface area contributed by atoms with Gasteiger partial charge < -0.3 is 15.2 Å². The number of nitrogens with one attached hydrogen (secondary N) is 1. The van der Waals surface area contributed by atoms with Crippen molar-refractivity contribution in [3.63, 3.8) is 0 Å². The summed E-state index contributed by atoms with van der Waals surface area (Å²) in [5.74, 6) is 0.357. The first-order chi connectivity index (χ1) is 8.61. The number of hydrogen-bond donors (Lipinski definition) is 2. The molecule has 0 bridgehead atoms. The SMILES string of the molecule is CCCC(C)COC(=O)CNc1ccc(O)cc1. The molecule has 0 aliphatic carbocycles. The number of ether oxygens (including phenoxy) is 1. The summed E-state index contributed by atoms with van der Waals surface area (Å²) in [6.45, 7) is 4.81. The van der Waals surface area contributed by atoms with Gasteiger partial charge in [-0.05, 0) is 36.6 Å². The highest BCUT2D eigenvalue weighted by atomic mass is 16.5. The van der Waals surface area contributed by atoms with Crippen molar-refractivity contribution in [1.82, 2.24) is 0 Å². The van der Waals surface area contributed by atoms with Crippen molar-refractivity contribution >= 4 is 11.7 Å². The van der Waals surface area contributed by atoms with Crippen LogP contribution in [-0.4, -0.2) is 24.2 Å². The van der Waals surface area contributed by atoms with Gasteiger partial charge in [0.25, 0.3) is 0 Å². The van der Waals surface area contributed by atoms with Crippen molar-refractivity contribution < 1.29 is 14.6 Å². The molecule has 4 nitrogen and oxygen atoms in total. The van der Waals surface area contributed by atoms with Crippen LogP contribution in [0.4, 0.5) is 5.69 Å². The number of carbonyl (C=O) groups excluding carboxylic acids is 1. The summed E-state index contributed by atoms with van der Waals surface area (Å²) >= 11 is 0. The van der Waals surface area contributed by atoms with E-state index < -0.39 is 0 Å². The van der Waals surface area contributed by atoms with Gasteiger partial charge >= 0.3 is 5.97 Å². The van der Waals surface area contributed by atoms with Crippen LogP contribution in [0.2, 0.25) is 0 Å². The van der Waals surface area contributed by atoms with Crippen LogP contribution < -0.4 is 5.32 Å². The Balaban J connectivity index is 2.22. The minimum atomic E-state index is -0.258. The first-order valence-electron chi connectivity index (χ1n) is 6.30. The van der Waals surface area contributed by atoms with E-state index in [0.717, 1.165) is 18.5 Å². The molecule has 4 heteroatoms. The highest BCUT2D eigenvalue weighted by molar-refractivity contribution is 5.75. The van der Waals surface area contributed by atoms with Gasteiger partial charge in [0.05, 0.1) is 6.61 Å². The Hall–Kier alpha value is -1.71. The van der Waals surface area contributed by atoms with Gasteiger partial charge in [0, 0.05) is 5.69 Å². The van der Waals surface area contributed by atoms with E-state index in [1.54, 1.807) is 24.3 Å². The fourth-order valence-electron chi connectivity index (χ4n) is 1.62. The number of carbonyl (C=O) groups is 1. The number of aromatic hydroxyl groups is 1. The van der Waals surface area contributed by atoms with Crippen LogP contribution in [0.15, 0.2) is 24.3 Å². The summed E-state index contributed by atoms with van der Waals surface area (Å²) in [7, 11) is 0. The molecule has 1 atom stereocenters. The van der Waals surface area contributed by atoms with E-state index in [1.165, 1.54) is 0 Å². The van der Waals surface area contributed by atoms with Crippen LogP contribution in [0.3, 0.4) is 0 Å². The van der Waals surface area contributed by atoms with Gasteiger partial charge in [-0.2, -0.15) is 0 Å². The number of esters is 1. The molecule has 100 valence electrons. The highest BCUT2D eigenvalue weighted by Crippen LogP contribution is 2.13. The van der Waals surface area contributed by atoms with Crippen LogP contribution in [0.1, 0.15) is 26.7 Å². The molecule has 0 aromatic heterocycles. The number of benzene rings is 1. The Bertz CT molecular complexity index is 362. The third-order valence-corrected chi connectivity index (χ3v) is 2.61. The number of anilines is 1. The summed E-state index contributed by atoms with van der Waals surface area (Å²) in [6.07, 6.45) is 2.17. The van der Waals surface area contributed by atoms with Gasteiger partial charge in [-0.25, -0.2) is 0 Å². The third-order valence-electron chi connectivity index (χ3n) is 2.61. The summed E-state index contributed by atoms with van der Waals surface area (Å²) < 4.78 is 5.15. The predicted octanol–water partition coefficient (Wildman–Crippen LogP) is 2.78. The molecule has 1 aromatic carbocycles. The maximum atomic E-state index is 11.5. The van der Waals surface area contributed by atoms with E-state index in [1.807, 2.05) is 0 Å². The van der Waals surface area contributed by atoms with E-state index in [2.05, 4.69) is 19.2 Å². The lowest BCUT2D eigenvalue weighted by Gasteiger charge is -2.11. The van der Waals surface area contributed by atoms with E-state index >= 15 is 0 Å². The topological polar surface area (TPSA) is 58.6 Å². The normalized spacial score (nSPS) is 11.9. The zero-order chi connectivity index (χ0) is 13.4. The van der Waals surface area contributed by atoms with Crippen LogP contribution >= 0.6 is 0 Å². The van der Waals surface area contributed by atoms with E-state index in [4.69, 9.17) is 9.84 Å². The maximum Gasteiger partial charge on any atom is 0.325 e. The molecule has 0 saturated carbocycles. The summed E-state index contributed by atoms with van der Waals surface area (Å²) in [5, 5.41) is 12.1. The molecular weight excluding hydrogens is 230 g/mol. The molecule has 0 spiro atoms. The molecule has 0 aliphatic heterocycles. The summed E-state index contributed by atoms with van der Waals surface area (Å²) in [5.41, 5.74) is 0.784. The first kappa shape index (κ1) is 14.4. The fourth-order valence-corrected chi connectivity index (χ4v) is 1.62. The second kappa shape index (κ2) is 7.58.